The van der Waals surface area contributed by atoms with Gasteiger partial charge in [0.15, 0.2) is 0 Å². The number of anilines is 4. The van der Waals surface area contributed by atoms with E-state index in [9.17, 15) is 24.6 Å². The van der Waals surface area contributed by atoms with Gasteiger partial charge in [0.2, 0.25) is 17.4 Å². The van der Waals surface area contributed by atoms with E-state index in [1.807, 2.05) is 66.6 Å². The van der Waals surface area contributed by atoms with E-state index in [-0.39, 0.29) is 35.8 Å². The van der Waals surface area contributed by atoms with Crippen LogP contribution in [0.4, 0.5) is 23.0 Å². The van der Waals surface area contributed by atoms with Crippen molar-refractivity contribution in [3.8, 4) is 11.8 Å². The molecule has 1 unspecified atom stereocenters. The first-order valence-electron chi connectivity index (χ1n) is 23.4. The van der Waals surface area contributed by atoms with Gasteiger partial charge in [0.05, 0.1) is 43.7 Å². The van der Waals surface area contributed by atoms with Gasteiger partial charge in [-0.2, -0.15) is 9.97 Å². The quantitative estimate of drug-likeness (QED) is 0.153. The lowest BCUT2D eigenvalue weighted by Gasteiger charge is -2.42. The van der Waals surface area contributed by atoms with E-state index >= 15 is 0 Å². The van der Waals surface area contributed by atoms with Crippen LogP contribution in [0.5, 0.6) is 11.8 Å². The lowest BCUT2D eigenvalue weighted by molar-refractivity contribution is -0.127. The number of aromatic nitrogens is 4. The number of ether oxygens (including phenoxy) is 1. The van der Waals surface area contributed by atoms with Crippen LogP contribution in [0.1, 0.15) is 35.9 Å². The third kappa shape index (κ3) is 9.41. The summed E-state index contributed by atoms with van der Waals surface area (Å²) in [5, 5.41) is 24.7. The van der Waals surface area contributed by atoms with Crippen molar-refractivity contribution in [1.82, 2.24) is 29.7 Å². The van der Waals surface area contributed by atoms with Crippen LogP contribution >= 0.6 is 0 Å². The Balaban J connectivity index is 0.000000172. The van der Waals surface area contributed by atoms with Gasteiger partial charge in [0.25, 0.3) is 0 Å². The minimum atomic E-state index is -0.288. The van der Waals surface area contributed by atoms with Crippen molar-refractivity contribution in [2.24, 2.45) is 0 Å². The van der Waals surface area contributed by atoms with Crippen molar-refractivity contribution < 1.29 is 24.5 Å². The molecule has 0 radical (unpaired) electrons. The number of rotatable bonds is 10. The van der Waals surface area contributed by atoms with Crippen LogP contribution in [0.2, 0.25) is 0 Å². The fourth-order valence-corrected chi connectivity index (χ4v) is 9.92. The summed E-state index contributed by atoms with van der Waals surface area (Å²) in [4.78, 5) is 66.0. The van der Waals surface area contributed by atoms with Crippen molar-refractivity contribution in [1.29, 1.82) is 0 Å². The smallest absolute Gasteiger partial charge is 0.318 e. The van der Waals surface area contributed by atoms with Crippen LogP contribution in [0.25, 0.3) is 21.5 Å². The summed E-state index contributed by atoms with van der Waals surface area (Å²) < 4.78 is 5.88. The Hall–Kier alpha value is -7.46. The number of hydrogen-bond donors (Lipinski definition) is 3. The average Bonchev–Trinajstić information content (AvgIpc) is 3.38. The molecule has 16 nitrogen and oxygen atoms in total. The summed E-state index contributed by atoms with van der Waals surface area (Å²) in [6, 6.07) is 23.3. The highest BCUT2D eigenvalue weighted by Gasteiger charge is 2.34. The van der Waals surface area contributed by atoms with Crippen molar-refractivity contribution in [3.63, 3.8) is 0 Å². The van der Waals surface area contributed by atoms with Gasteiger partial charge in [-0.25, -0.2) is 0 Å². The second kappa shape index (κ2) is 20.2. The van der Waals surface area contributed by atoms with Crippen LogP contribution in [0, 0.1) is 0 Å². The number of phenols is 1. The Bertz CT molecular complexity index is 2910. The Kier molecular flexibility index (Phi) is 13.6. The van der Waals surface area contributed by atoms with Gasteiger partial charge in [-0.3, -0.25) is 19.4 Å². The molecule has 4 aliphatic rings. The van der Waals surface area contributed by atoms with E-state index < -0.39 is 0 Å². The number of aromatic amines is 1. The normalized spacial score (nSPS) is 17.0. The molecule has 1 atom stereocenters. The van der Waals surface area contributed by atoms with Gasteiger partial charge in [0.1, 0.15) is 17.4 Å². The molecule has 0 spiro atoms. The van der Waals surface area contributed by atoms with E-state index in [0.29, 0.717) is 64.9 Å². The number of hydrogen-bond acceptors (Lipinski definition) is 13. The number of nitrogens with zero attached hydrogens (tertiary/aromatic N) is 9. The number of aliphatic hydroxyl groups is 1. The standard InChI is InChI=1S/C28H33N5O4.C24H25N5O2/c1-3-13-37-28-29-24-17-31(25-15-21(35)14-19-7-5-6-8-22(19)25)10-9-23(24)27(30-28)33-12-11-32(26(36)4-2)16-20(33)18-34;1-2-23(31)28-13-11-27(12-14-28)21-7-9-25-20-16-29(10-8-19(20)21)24-18-6-4-3-5-17(18)15-22(30)26-24/h4-8,14-15,20,34-35H,2-3,9-13,16-18H2,1H3;2-7,9,15H,1,8,10-14,16H2,(H,26,30). The van der Waals surface area contributed by atoms with Crippen molar-refractivity contribution >= 4 is 56.4 Å². The summed E-state index contributed by atoms with van der Waals surface area (Å²) in [6.07, 6.45) is 6.95. The highest BCUT2D eigenvalue weighted by molar-refractivity contribution is 5.96. The molecular weight excluding hydrogens is 861 g/mol. The molecule has 2 amide bonds. The number of aliphatic hydroxyl groups excluding tert-OH is 1. The maximum absolute atomic E-state index is 12.2. The van der Waals surface area contributed by atoms with Crippen LogP contribution < -0.4 is 29.9 Å². The van der Waals surface area contributed by atoms with Crippen LogP contribution in [-0.4, -0.2) is 130 Å². The molecule has 4 aliphatic heterocycles. The number of amides is 2. The second-order valence-corrected chi connectivity index (χ2v) is 17.5. The molecule has 3 aromatic carbocycles. The van der Waals surface area contributed by atoms with Gasteiger partial charge >= 0.3 is 6.01 Å². The van der Waals surface area contributed by atoms with Crippen molar-refractivity contribution in [3.05, 3.63) is 137 Å². The summed E-state index contributed by atoms with van der Waals surface area (Å²) in [5.74, 6) is 1.71. The van der Waals surface area contributed by atoms with Gasteiger partial charge in [-0.05, 0) is 54.3 Å². The zero-order valence-corrected chi connectivity index (χ0v) is 38.5. The minimum Gasteiger partial charge on any atom is -0.508 e. The van der Waals surface area contributed by atoms with E-state index in [2.05, 4.69) is 54.9 Å². The third-order valence-corrected chi connectivity index (χ3v) is 13.3. The lowest BCUT2D eigenvalue weighted by atomic mass is 10.0. The Morgan fingerprint density at radius 2 is 1.44 bits per heavy atom. The monoisotopic (exact) mass is 918 g/mol. The van der Waals surface area contributed by atoms with Crippen molar-refractivity contribution in [2.45, 2.75) is 45.3 Å². The number of aromatic hydroxyl groups is 1. The molecule has 68 heavy (non-hydrogen) atoms. The van der Waals surface area contributed by atoms with Gasteiger partial charge in [0, 0.05) is 111 Å². The maximum Gasteiger partial charge on any atom is 0.318 e. The molecular formula is C52H58N10O6. The minimum absolute atomic E-state index is 0.00358. The highest BCUT2D eigenvalue weighted by Crippen LogP contribution is 2.37. The molecule has 0 saturated carbocycles. The average molecular weight is 919 g/mol. The Labute approximate surface area is 395 Å². The van der Waals surface area contributed by atoms with Crippen LogP contribution in [-0.2, 0) is 35.5 Å². The maximum atomic E-state index is 12.2. The first-order valence-corrected chi connectivity index (χ1v) is 23.4. The van der Waals surface area contributed by atoms with Crippen LogP contribution in [0.3, 0.4) is 0 Å². The molecule has 2 fully saturated rings. The van der Waals surface area contributed by atoms with E-state index in [1.54, 1.807) is 17.0 Å². The first-order chi connectivity index (χ1) is 33.2. The summed E-state index contributed by atoms with van der Waals surface area (Å²) in [5.41, 5.74) is 6.30. The van der Waals surface area contributed by atoms with Gasteiger partial charge < -0.3 is 49.3 Å². The number of fused-ring (bicyclic) bond motifs is 4. The predicted octanol–water partition coefficient (Wildman–Crippen LogP) is 5.20. The van der Waals surface area contributed by atoms with Crippen LogP contribution in [0.15, 0.2) is 109 Å². The zero-order valence-electron chi connectivity index (χ0n) is 38.5. The number of H-pyrrole nitrogens is 1. The predicted molar refractivity (Wildman–Crippen MR) is 266 cm³/mol. The Morgan fingerprint density at radius 1 is 0.765 bits per heavy atom. The molecule has 0 bridgehead atoms. The fraction of sp³-hybridized carbons (Fsp3) is 0.346. The topological polar surface area (TPSA) is 175 Å². The molecule has 6 aromatic rings. The number of carbonyl (C=O) groups is 2. The largest absolute Gasteiger partial charge is 0.508 e. The molecule has 7 heterocycles. The molecule has 3 aromatic heterocycles. The Morgan fingerprint density at radius 3 is 2.19 bits per heavy atom. The zero-order chi connectivity index (χ0) is 47.3. The molecule has 0 aliphatic carbocycles. The summed E-state index contributed by atoms with van der Waals surface area (Å²) in [6.45, 7) is 16.8. The number of pyridine rings is 2. The first kappa shape index (κ1) is 45.7. The molecule has 2 saturated heterocycles. The molecule has 16 heteroatoms. The summed E-state index contributed by atoms with van der Waals surface area (Å²) in [7, 11) is 0. The second-order valence-electron chi connectivity index (χ2n) is 17.5. The number of nitrogens with one attached hydrogen (secondary N) is 1. The van der Waals surface area contributed by atoms with Gasteiger partial charge in [-0.1, -0.05) is 68.6 Å². The molecule has 3 N–H and O–H groups in total. The summed E-state index contributed by atoms with van der Waals surface area (Å²) >= 11 is 0. The number of phenolic OH excluding ortho intramolecular Hbond substituents is 1. The highest BCUT2D eigenvalue weighted by atomic mass is 16.5. The van der Waals surface area contributed by atoms with Crippen molar-refractivity contribution in [2.75, 3.05) is 91.7 Å². The van der Waals surface area contributed by atoms with E-state index in [1.165, 1.54) is 23.4 Å². The lowest BCUT2D eigenvalue weighted by Crippen LogP contribution is -2.56. The number of carbonyl (C=O) groups excluding carboxylic acids is 2. The van der Waals surface area contributed by atoms with Gasteiger partial charge in [-0.15, -0.1) is 0 Å². The number of piperazine rings is 2. The molecule has 10 rings (SSSR count). The molecule has 352 valence electrons. The van der Waals surface area contributed by atoms with E-state index in [0.717, 1.165) is 94.8 Å². The SMILES string of the molecule is C=CC(=O)N1CCN(c2ccnc3c2CCN(c2[nH]c(=O)cc4ccccc24)C3)CC1.C=CC(=O)N1CCN(c2nc(OCCC)nc3c2CCN(c2cc(O)cc4ccccc24)C3)C(CO)C1. The third-order valence-electron chi connectivity index (χ3n) is 13.3. The van der Waals surface area contributed by atoms with E-state index in [4.69, 9.17) is 14.7 Å². The number of benzene rings is 3. The fourth-order valence-electron chi connectivity index (χ4n) is 9.92.